The highest BCUT2D eigenvalue weighted by Gasteiger charge is 2.18. The van der Waals surface area contributed by atoms with Crippen LogP contribution in [-0.2, 0) is 4.74 Å². The molecule has 9 heteroatoms. The van der Waals surface area contributed by atoms with Crippen LogP contribution in [0.4, 0.5) is 4.79 Å². The number of aryl methyl sites for hydroxylation is 1. The highest BCUT2D eigenvalue weighted by molar-refractivity contribution is 5.74. The zero-order chi connectivity index (χ0) is 22.4. The van der Waals surface area contributed by atoms with Crippen LogP contribution in [-0.4, -0.2) is 57.8 Å². The summed E-state index contributed by atoms with van der Waals surface area (Å²) in [5.41, 5.74) is 3.60. The first-order valence-electron chi connectivity index (χ1n) is 10.00. The fourth-order valence-corrected chi connectivity index (χ4v) is 3.07. The van der Waals surface area contributed by atoms with Crippen molar-refractivity contribution >= 4 is 6.09 Å². The molecule has 0 radical (unpaired) electrons. The van der Waals surface area contributed by atoms with Crippen molar-refractivity contribution in [3.63, 3.8) is 0 Å². The number of nitrogens with zero attached hydrogens (tertiary/aromatic N) is 4. The molecule has 0 aliphatic rings. The third-order valence-corrected chi connectivity index (χ3v) is 4.72. The fraction of sp³-hybridized carbons (Fsp3) is 0.364. The van der Waals surface area contributed by atoms with Gasteiger partial charge in [-0.1, -0.05) is 36.8 Å². The van der Waals surface area contributed by atoms with Gasteiger partial charge in [-0.05, 0) is 47.5 Å². The lowest BCUT2D eigenvalue weighted by Crippen LogP contribution is -2.37. The largest absolute Gasteiger partial charge is 0.412 e. The van der Waals surface area contributed by atoms with E-state index in [-0.39, 0.29) is 12.5 Å². The number of rotatable bonds is 8. The molecule has 1 amide bonds. The number of aliphatic hydroxyl groups excluding tert-OH is 1. The van der Waals surface area contributed by atoms with E-state index < -0.39 is 12.1 Å². The van der Waals surface area contributed by atoms with E-state index in [2.05, 4.69) is 20.8 Å². The Kier molecular flexibility index (Phi) is 7.32. The Hall–Kier alpha value is -3.30. The first-order chi connectivity index (χ1) is 14.9. The SMILES string of the molecule is COC[C@H](C)c1nnnn1-c1cc(OC(=O)N[C@@H](C)CO)cc(-c2ccc(C)cc2)c1. The Morgan fingerprint density at radius 1 is 1.16 bits per heavy atom. The summed E-state index contributed by atoms with van der Waals surface area (Å²) in [5.74, 6) is 0.921. The summed E-state index contributed by atoms with van der Waals surface area (Å²) in [5, 5.41) is 23.8. The van der Waals surface area contributed by atoms with Crippen molar-refractivity contribution in [3.8, 4) is 22.6 Å². The van der Waals surface area contributed by atoms with Crippen LogP contribution in [0.25, 0.3) is 16.8 Å². The molecule has 0 unspecified atom stereocenters. The zero-order valence-corrected chi connectivity index (χ0v) is 18.1. The van der Waals surface area contributed by atoms with Gasteiger partial charge in [-0.2, -0.15) is 4.68 Å². The normalized spacial score (nSPS) is 12.9. The summed E-state index contributed by atoms with van der Waals surface area (Å²) < 4.78 is 12.3. The van der Waals surface area contributed by atoms with Crippen molar-refractivity contribution in [3.05, 3.63) is 53.9 Å². The van der Waals surface area contributed by atoms with Gasteiger partial charge in [-0.15, -0.1) is 5.10 Å². The molecule has 0 saturated carbocycles. The van der Waals surface area contributed by atoms with Crippen LogP contribution in [0.15, 0.2) is 42.5 Å². The number of ether oxygens (including phenoxy) is 2. The third kappa shape index (κ3) is 5.65. The molecule has 0 bridgehead atoms. The number of aromatic nitrogens is 4. The van der Waals surface area contributed by atoms with Gasteiger partial charge in [0.15, 0.2) is 5.82 Å². The highest BCUT2D eigenvalue weighted by Crippen LogP contribution is 2.29. The number of aliphatic hydroxyl groups is 1. The molecule has 2 N–H and O–H groups in total. The molecule has 0 fully saturated rings. The molecule has 1 heterocycles. The summed E-state index contributed by atoms with van der Waals surface area (Å²) >= 11 is 0. The zero-order valence-electron chi connectivity index (χ0n) is 18.1. The molecule has 9 nitrogen and oxygen atoms in total. The van der Waals surface area contributed by atoms with E-state index in [1.54, 1.807) is 30.8 Å². The summed E-state index contributed by atoms with van der Waals surface area (Å²) in [4.78, 5) is 12.2. The number of carbonyl (C=O) groups is 1. The second-order valence-corrected chi connectivity index (χ2v) is 7.50. The maximum absolute atomic E-state index is 12.2. The lowest BCUT2D eigenvalue weighted by atomic mass is 10.0. The number of methoxy groups -OCH3 is 1. The van der Waals surface area contributed by atoms with Crippen LogP contribution in [0.2, 0.25) is 0 Å². The average molecular weight is 425 g/mol. The topological polar surface area (TPSA) is 111 Å². The lowest BCUT2D eigenvalue weighted by molar-refractivity contribution is 0.181. The molecule has 3 rings (SSSR count). The molecule has 3 aromatic rings. The predicted molar refractivity (Wildman–Crippen MR) is 115 cm³/mol. The van der Waals surface area contributed by atoms with Gasteiger partial charge in [0.1, 0.15) is 5.75 Å². The maximum atomic E-state index is 12.2. The van der Waals surface area contributed by atoms with Crippen molar-refractivity contribution in [1.29, 1.82) is 0 Å². The number of carbonyl (C=O) groups excluding carboxylic acids is 1. The van der Waals surface area contributed by atoms with E-state index >= 15 is 0 Å². The number of hydrogen-bond acceptors (Lipinski definition) is 7. The smallest absolute Gasteiger partial charge is 0.410 e. The van der Waals surface area contributed by atoms with E-state index in [0.717, 1.165) is 16.7 Å². The Bertz CT molecular complexity index is 1020. The summed E-state index contributed by atoms with van der Waals surface area (Å²) in [6.07, 6.45) is -0.654. The van der Waals surface area contributed by atoms with Gasteiger partial charge in [0.25, 0.3) is 0 Å². The maximum Gasteiger partial charge on any atom is 0.412 e. The van der Waals surface area contributed by atoms with Gasteiger partial charge in [0.2, 0.25) is 0 Å². The minimum atomic E-state index is -0.654. The lowest BCUT2D eigenvalue weighted by Gasteiger charge is -2.15. The number of amides is 1. The van der Waals surface area contributed by atoms with E-state index in [0.29, 0.717) is 23.9 Å². The Morgan fingerprint density at radius 2 is 1.90 bits per heavy atom. The van der Waals surface area contributed by atoms with Crippen LogP contribution in [0.3, 0.4) is 0 Å². The third-order valence-electron chi connectivity index (χ3n) is 4.72. The molecule has 31 heavy (non-hydrogen) atoms. The minimum absolute atomic E-state index is 0.0406. The van der Waals surface area contributed by atoms with Crippen molar-refractivity contribution in [1.82, 2.24) is 25.5 Å². The number of hydrogen-bond donors (Lipinski definition) is 2. The molecule has 2 atom stereocenters. The van der Waals surface area contributed by atoms with Crippen molar-refractivity contribution in [2.75, 3.05) is 20.3 Å². The molecule has 0 saturated heterocycles. The van der Waals surface area contributed by atoms with Crippen LogP contribution in [0.1, 0.15) is 31.2 Å². The summed E-state index contributed by atoms with van der Waals surface area (Å²) in [6.45, 7) is 5.94. The molecule has 0 spiro atoms. The molecular weight excluding hydrogens is 398 g/mol. The molecular formula is C22H27N5O4. The van der Waals surface area contributed by atoms with Gasteiger partial charge >= 0.3 is 6.09 Å². The second kappa shape index (κ2) is 10.1. The quantitative estimate of drug-likeness (QED) is 0.571. The van der Waals surface area contributed by atoms with Gasteiger partial charge in [0, 0.05) is 19.1 Å². The molecule has 1 aromatic heterocycles. The Balaban J connectivity index is 2.02. The minimum Gasteiger partial charge on any atom is -0.410 e. The van der Waals surface area contributed by atoms with Crippen LogP contribution in [0, 0.1) is 6.92 Å². The molecule has 0 aliphatic carbocycles. The van der Waals surface area contributed by atoms with Crippen LogP contribution < -0.4 is 10.1 Å². The number of benzene rings is 2. The van der Waals surface area contributed by atoms with Gasteiger partial charge in [-0.25, -0.2) is 4.79 Å². The number of nitrogens with one attached hydrogen (secondary N) is 1. The van der Waals surface area contributed by atoms with E-state index in [1.807, 2.05) is 44.2 Å². The van der Waals surface area contributed by atoms with E-state index in [1.165, 1.54) is 0 Å². The van der Waals surface area contributed by atoms with Crippen molar-refractivity contribution in [2.24, 2.45) is 0 Å². The fourth-order valence-electron chi connectivity index (χ4n) is 3.07. The molecule has 0 aliphatic heterocycles. The molecule has 2 aromatic carbocycles. The first kappa shape index (κ1) is 22.4. The standard InChI is InChI=1S/C22H27N5O4/c1-14-5-7-17(8-6-14)18-9-19(27-21(24-25-26-27)15(2)13-30-4)11-20(10-18)31-22(29)23-16(3)12-28/h5-11,15-16,28H,12-13H2,1-4H3,(H,23,29)/t15-,16-/m0/s1. The monoisotopic (exact) mass is 425 g/mol. The average Bonchev–Trinajstić information content (AvgIpc) is 3.24. The van der Waals surface area contributed by atoms with Gasteiger partial charge in [-0.3, -0.25) is 0 Å². The van der Waals surface area contributed by atoms with Gasteiger partial charge < -0.3 is 19.9 Å². The summed E-state index contributed by atoms with van der Waals surface area (Å²) in [6, 6.07) is 13.0. The second-order valence-electron chi connectivity index (χ2n) is 7.50. The van der Waals surface area contributed by atoms with Crippen LogP contribution in [0.5, 0.6) is 5.75 Å². The van der Waals surface area contributed by atoms with E-state index in [4.69, 9.17) is 14.6 Å². The first-order valence-corrected chi connectivity index (χ1v) is 10.00. The highest BCUT2D eigenvalue weighted by atomic mass is 16.6. The predicted octanol–water partition coefficient (Wildman–Crippen LogP) is 2.86. The van der Waals surface area contributed by atoms with Gasteiger partial charge in [0.05, 0.1) is 24.9 Å². The van der Waals surface area contributed by atoms with Crippen molar-refractivity contribution < 1.29 is 19.4 Å². The van der Waals surface area contributed by atoms with E-state index in [9.17, 15) is 4.79 Å². The Morgan fingerprint density at radius 3 is 2.58 bits per heavy atom. The number of tetrazole rings is 1. The molecule has 164 valence electrons. The summed E-state index contributed by atoms with van der Waals surface area (Å²) in [7, 11) is 1.63. The van der Waals surface area contributed by atoms with Crippen molar-refractivity contribution in [2.45, 2.75) is 32.7 Å². The Labute approximate surface area is 181 Å². The van der Waals surface area contributed by atoms with Crippen LogP contribution >= 0.6 is 0 Å².